The van der Waals surface area contributed by atoms with Gasteiger partial charge in [-0.25, -0.2) is 8.42 Å². The molecule has 3 rings (SSSR count). The number of amides is 1. The van der Waals surface area contributed by atoms with Crippen LogP contribution in [0.3, 0.4) is 0 Å². The van der Waals surface area contributed by atoms with E-state index in [4.69, 9.17) is 0 Å². The van der Waals surface area contributed by atoms with Gasteiger partial charge < -0.3 is 5.32 Å². The fourth-order valence-electron chi connectivity index (χ4n) is 4.35. The Kier molecular flexibility index (Phi) is 7.37. The minimum atomic E-state index is -3.81. The monoisotopic (exact) mass is 492 g/mol. The van der Waals surface area contributed by atoms with Crippen LogP contribution in [-0.4, -0.2) is 31.2 Å². The summed E-state index contributed by atoms with van der Waals surface area (Å²) < 4.78 is 29.9. The van der Waals surface area contributed by atoms with E-state index in [1.165, 1.54) is 4.31 Å². The molecular weight excluding hydrogens is 464 g/mol. The molecule has 1 amide bonds. The molecule has 2 aromatic rings. The van der Waals surface area contributed by atoms with Crippen LogP contribution in [0.4, 0.5) is 5.69 Å². The summed E-state index contributed by atoms with van der Waals surface area (Å²) >= 11 is 3.37. The fourth-order valence-corrected chi connectivity index (χ4v) is 6.67. The molecule has 0 heterocycles. The van der Waals surface area contributed by atoms with Crippen molar-refractivity contribution in [1.82, 2.24) is 4.31 Å². The number of halogens is 1. The molecule has 0 aliphatic heterocycles. The number of hydrogen-bond acceptors (Lipinski definition) is 3. The second-order valence-corrected chi connectivity index (χ2v) is 10.9. The summed E-state index contributed by atoms with van der Waals surface area (Å²) in [6.07, 6.45) is 4.65. The van der Waals surface area contributed by atoms with Gasteiger partial charge >= 0.3 is 0 Å². The summed E-state index contributed by atoms with van der Waals surface area (Å²) in [4.78, 5) is 13.2. The summed E-state index contributed by atoms with van der Waals surface area (Å²) in [5, 5.41) is 2.83. The molecule has 1 N–H and O–H groups in total. The summed E-state index contributed by atoms with van der Waals surface area (Å²) in [7, 11) is -3.81. The van der Waals surface area contributed by atoms with E-state index in [0.29, 0.717) is 10.6 Å². The average molecular weight is 493 g/mol. The Morgan fingerprint density at radius 3 is 2.17 bits per heavy atom. The molecule has 1 aliphatic carbocycles. The van der Waals surface area contributed by atoms with Gasteiger partial charge in [-0.1, -0.05) is 52.9 Å². The molecule has 0 saturated heterocycles. The third-order valence-corrected chi connectivity index (χ3v) is 8.31. The van der Waals surface area contributed by atoms with Crippen LogP contribution in [0.2, 0.25) is 0 Å². The number of anilines is 1. The highest BCUT2D eigenvalue weighted by atomic mass is 79.9. The van der Waals surface area contributed by atoms with E-state index in [1.54, 1.807) is 12.1 Å². The first-order valence-corrected chi connectivity index (χ1v) is 12.6. The third kappa shape index (κ3) is 5.31. The lowest BCUT2D eigenvalue weighted by Crippen LogP contribution is -2.46. The average Bonchev–Trinajstić information content (AvgIpc) is 2.67. The van der Waals surface area contributed by atoms with Crippen molar-refractivity contribution in [2.24, 2.45) is 0 Å². The van der Waals surface area contributed by atoms with Crippen molar-refractivity contribution in [2.45, 2.75) is 63.8 Å². The van der Waals surface area contributed by atoms with Crippen molar-refractivity contribution in [3.05, 3.63) is 57.6 Å². The van der Waals surface area contributed by atoms with Crippen molar-refractivity contribution in [3.8, 4) is 0 Å². The van der Waals surface area contributed by atoms with Gasteiger partial charge in [0, 0.05) is 16.2 Å². The van der Waals surface area contributed by atoms with Gasteiger partial charge in [0.1, 0.15) is 0 Å². The minimum Gasteiger partial charge on any atom is -0.325 e. The molecule has 1 saturated carbocycles. The third-order valence-electron chi connectivity index (χ3n) is 5.58. The van der Waals surface area contributed by atoms with Crippen LogP contribution in [0, 0.1) is 20.8 Å². The summed E-state index contributed by atoms with van der Waals surface area (Å²) in [5.74, 6) is -0.325. The fraction of sp³-hybridized carbons (Fsp3) is 0.435. The number of carbonyl (C=O) groups excluding carboxylic acids is 1. The zero-order valence-electron chi connectivity index (χ0n) is 17.7. The van der Waals surface area contributed by atoms with Crippen LogP contribution in [0.1, 0.15) is 48.8 Å². The van der Waals surface area contributed by atoms with E-state index < -0.39 is 10.0 Å². The molecule has 0 bridgehead atoms. The second kappa shape index (κ2) is 9.62. The number of aryl methyl sites for hydroxylation is 3. The van der Waals surface area contributed by atoms with Crippen LogP contribution >= 0.6 is 15.9 Å². The van der Waals surface area contributed by atoms with Gasteiger partial charge in [0.2, 0.25) is 15.9 Å². The Morgan fingerprint density at radius 1 is 1.03 bits per heavy atom. The number of sulfonamides is 1. The number of carbonyl (C=O) groups is 1. The molecule has 1 fully saturated rings. The predicted molar refractivity (Wildman–Crippen MR) is 124 cm³/mol. The van der Waals surface area contributed by atoms with Crippen LogP contribution in [0.5, 0.6) is 0 Å². The number of nitrogens with one attached hydrogen (secondary N) is 1. The maximum absolute atomic E-state index is 13.8. The van der Waals surface area contributed by atoms with Crippen molar-refractivity contribution < 1.29 is 13.2 Å². The summed E-state index contributed by atoms with van der Waals surface area (Å²) in [6, 6.07) is 10.9. The zero-order chi connectivity index (χ0) is 21.9. The minimum absolute atomic E-state index is 0.153. The molecule has 0 aromatic heterocycles. The first kappa shape index (κ1) is 23.0. The van der Waals surface area contributed by atoms with Crippen molar-refractivity contribution >= 4 is 37.5 Å². The van der Waals surface area contributed by atoms with Crippen molar-refractivity contribution in [1.29, 1.82) is 0 Å². The van der Waals surface area contributed by atoms with E-state index >= 15 is 0 Å². The second-order valence-electron chi connectivity index (χ2n) is 8.13. The molecular formula is C23H29BrN2O3S. The Bertz CT molecular complexity index is 990. The van der Waals surface area contributed by atoms with Gasteiger partial charge in [-0.3, -0.25) is 4.79 Å². The lowest BCUT2D eigenvalue weighted by atomic mass is 9.95. The topological polar surface area (TPSA) is 66.5 Å². The number of benzene rings is 2. The van der Waals surface area contributed by atoms with Crippen LogP contribution in [0.15, 0.2) is 45.8 Å². The highest BCUT2D eigenvalue weighted by molar-refractivity contribution is 9.10. The first-order valence-electron chi connectivity index (χ1n) is 10.3. The van der Waals surface area contributed by atoms with Crippen LogP contribution in [-0.2, 0) is 14.8 Å². The zero-order valence-corrected chi connectivity index (χ0v) is 20.1. The number of nitrogens with zero attached hydrogens (tertiary/aromatic N) is 1. The maximum atomic E-state index is 13.8. The molecule has 5 nitrogen and oxygen atoms in total. The van der Waals surface area contributed by atoms with Crippen LogP contribution < -0.4 is 5.32 Å². The lowest BCUT2D eigenvalue weighted by molar-refractivity contribution is -0.116. The summed E-state index contributed by atoms with van der Waals surface area (Å²) in [6.45, 7) is 5.43. The molecule has 2 aromatic carbocycles. The van der Waals surface area contributed by atoms with Crippen LogP contribution in [0.25, 0.3) is 0 Å². The standard InChI is InChI=1S/C23H29BrN2O3S/c1-16-13-17(2)23(18(3)14-16)30(28,29)26(21-7-5-4-6-8-21)15-22(27)25-20-11-9-19(24)10-12-20/h9-14,21H,4-8,15H2,1-3H3,(H,25,27). The molecule has 0 unspecified atom stereocenters. The number of rotatable bonds is 6. The molecule has 0 radical (unpaired) electrons. The van der Waals surface area contributed by atoms with Gasteiger partial charge in [-0.05, 0) is 69.0 Å². The van der Waals surface area contributed by atoms with Crippen molar-refractivity contribution in [3.63, 3.8) is 0 Å². The van der Waals surface area contributed by atoms with Gasteiger partial charge in [0.25, 0.3) is 0 Å². The highest BCUT2D eigenvalue weighted by Crippen LogP contribution is 2.31. The van der Waals surface area contributed by atoms with E-state index in [9.17, 15) is 13.2 Å². The predicted octanol–water partition coefficient (Wildman–Crippen LogP) is 5.34. The van der Waals surface area contributed by atoms with Gasteiger partial charge in [0.05, 0.1) is 11.4 Å². The Morgan fingerprint density at radius 2 is 1.60 bits per heavy atom. The van der Waals surface area contributed by atoms with E-state index in [-0.39, 0.29) is 18.5 Å². The Balaban J connectivity index is 1.92. The highest BCUT2D eigenvalue weighted by Gasteiger charge is 2.35. The van der Waals surface area contributed by atoms with Gasteiger partial charge in [0.15, 0.2) is 0 Å². The van der Waals surface area contributed by atoms with Gasteiger partial charge in [-0.2, -0.15) is 4.31 Å². The molecule has 30 heavy (non-hydrogen) atoms. The lowest BCUT2D eigenvalue weighted by Gasteiger charge is -2.33. The normalized spacial score (nSPS) is 15.4. The molecule has 0 spiro atoms. The quantitative estimate of drug-likeness (QED) is 0.591. The number of hydrogen-bond donors (Lipinski definition) is 1. The molecule has 162 valence electrons. The largest absolute Gasteiger partial charge is 0.325 e. The molecule has 7 heteroatoms. The van der Waals surface area contributed by atoms with Gasteiger partial charge in [-0.15, -0.1) is 0 Å². The molecule has 0 atom stereocenters. The molecule has 1 aliphatic rings. The van der Waals surface area contributed by atoms with E-state index in [0.717, 1.165) is 53.3 Å². The first-order chi connectivity index (χ1) is 14.2. The van der Waals surface area contributed by atoms with Crippen molar-refractivity contribution in [2.75, 3.05) is 11.9 Å². The summed E-state index contributed by atoms with van der Waals surface area (Å²) in [5.41, 5.74) is 3.12. The maximum Gasteiger partial charge on any atom is 0.244 e. The Labute approximate surface area is 188 Å². The SMILES string of the molecule is Cc1cc(C)c(S(=O)(=O)N(CC(=O)Nc2ccc(Br)cc2)C2CCCCC2)c(C)c1. The van der Waals surface area contributed by atoms with E-state index in [1.807, 2.05) is 45.0 Å². The van der Waals surface area contributed by atoms with E-state index in [2.05, 4.69) is 21.2 Å². The smallest absolute Gasteiger partial charge is 0.244 e. The Hall–Kier alpha value is -1.70.